The molecule has 7 nitrogen and oxygen atoms in total. The molecular formula is C13H18N2O5. The Kier molecular flexibility index (Phi) is 6.31. The largest absolute Gasteiger partial charge is 0.475 e. The standard InChI is InChI=1S/C13H18N2O5/c1-9(2)8-19-6-5-14-13(18)15-7-10-3-4-11(20-10)12(16)17/h3-4H,1,5-8H2,2H3,(H,16,17)(H2,14,15,18). The van der Waals surface area contributed by atoms with Crippen LogP contribution >= 0.6 is 0 Å². The van der Waals surface area contributed by atoms with Gasteiger partial charge in [0.15, 0.2) is 0 Å². The van der Waals surface area contributed by atoms with E-state index in [1.54, 1.807) is 0 Å². The molecule has 0 unspecified atom stereocenters. The van der Waals surface area contributed by atoms with Crippen LogP contribution in [0.4, 0.5) is 4.79 Å². The molecule has 1 rings (SSSR count). The Bertz CT molecular complexity index is 481. The first-order valence-corrected chi connectivity index (χ1v) is 6.05. The second kappa shape index (κ2) is 8.00. The van der Waals surface area contributed by atoms with Crippen molar-refractivity contribution in [1.29, 1.82) is 0 Å². The van der Waals surface area contributed by atoms with Gasteiger partial charge in [0.1, 0.15) is 5.76 Å². The van der Waals surface area contributed by atoms with Gasteiger partial charge in [-0.1, -0.05) is 12.2 Å². The van der Waals surface area contributed by atoms with Crippen LogP contribution in [-0.4, -0.2) is 36.9 Å². The minimum Gasteiger partial charge on any atom is -0.475 e. The number of carboxylic acids is 1. The third-order valence-electron chi connectivity index (χ3n) is 2.18. The van der Waals surface area contributed by atoms with Crippen LogP contribution in [0.3, 0.4) is 0 Å². The Morgan fingerprint density at radius 1 is 1.40 bits per heavy atom. The van der Waals surface area contributed by atoms with Crippen LogP contribution in [0.1, 0.15) is 23.2 Å². The zero-order chi connectivity index (χ0) is 15.0. The van der Waals surface area contributed by atoms with Crippen molar-refractivity contribution in [3.8, 4) is 0 Å². The lowest BCUT2D eigenvalue weighted by molar-refractivity contribution is 0.0660. The SMILES string of the molecule is C=C(C)COCCNC(=O)NCc1ccc(C(=O)O)o1. The lowest BCUT2D eigenvalue weighted by atomic mass is 10.4. The van der Waals surface area contributed by atoms with Crippen molar-refractivity contribution in [1.82, 2.24) is 10.6 Å². The highest BCUT2D eigenvalue weighted by Crippen LogP contribution is 2.07. The van der Waals surface area contributed by atoms with Gasteiger partial charge in [-0.15, -0.1) is 0 Å². The molecule has 0 aliphatic heterocycles. The van der Waals surface area contributed by atoms with Crippen molar-refractivity contribution >= 4 is 12.0 Å². The number of ether oxygens (including phenoxy) is 1. The molecule has 0 saturated carbocycles. The zero-order valence-corrected chi connectivity index (χ0v) is 11.3. The number of amides is 2. The number of carbonyl (C=O) groups excluding carboxylic acids is 1. The van der Waals surface area contributed by atoms with Gasteiger partial charge in [0.05, 0.1) is 19.8 Å². The molecule has 110 valence electrons. The van der Waals surface area contributed by atoms with Gasteiger partial charge < -0.3 is 24.9 Å². The second-order valence-corrected chi connectivity index (χ2v) is 4.19. The van der Waals surface area contributed by atoms with E-state index in [1.165, 1.54) is 12.1 Å². The number of furan rings is 1. The van der Waals surface area contributed by atoms with Crippen molar-refractivity contribution in [2.45, 2.75) is 13.5 Å². The first-order valence-electron chi connectivity index (χ1n) is 6.05. The number of urea groups is 1. The lowest BCUT2D eigenvalue weighted by Gasteiger charge is -2.07. The van der Waals surface area contributed by atoms with Gasteiger partial charge in [-0.05, 0) is 19.1 Å². The van der Waals surface area contributed by atoms with E-state index >= 15 is 0 Å². The molecule has 1 aromatic heterocycles. The Balaban J connectivity index is 2.16. The summed E-state index contributed by atoms with van der Waals surface area (Å²) in [5.41, 5.74) is 0.918. The molecule has 0 aliphatic carbocycles. The summed E-state index contributed by atoms with van der Waals surface area (Å²) in [6, 6.07) is 2.46. The molecule has 0 atom stereocenters. The van der Waals surface area contributed by atoms with Crippen LogP contribution in [0.2, 0.25) is 0 Å². The monoisotopic (exact) mass is 282 g/mol. The number of rotatable bonds is 8. The van der Waals surface area contributed by atoms with Gasteiger partial charge in [0.25, 0.3) is 0 Å². The minimum absolute atomic E-state index is 0.117. The molecule has 0 aliphatic rings. The summed E-state index contributed by atoms with van der Waals surface area (Å²) in [6.07, 6.45) is 0. The number of carbonyl (C=O) groups is 2. The molecule has 0 bridgehead atoms. The first-order chi connectivity index (χ1) is 9.49. The molecule has 7 heteroatoms. The van der Waals surface area contributed by atoms with Crippen molar-refractivity contribution in [3.63, 3.8) is 0 Å². The van der Waals surface area contributed by atoms with Gasteiger partial charge in [-0.2, -0.15) is 0 Å². The molecule has 1 aromatic rings. The molecule has 20 heavy (non-hydrogen) atoms. The Hall–Kier alpha value is -2.28. The van der Waals surface area contributed by atoms with E-state index in [4.69, 9.17) is 14.3 Å². The Labute approximate surface area is 116 Å². The predicted octanol–water partition coefficient (Wildman–Crippen LogP) is 1.37. The molecule has 0 saturated heterocycles. The second-order valence-electron chi connectivity index (χ2n) is 4.19. The summed E-state index contributed by atoms with van der Waals surface area (Å²) in [5, 5.41) is 13.8. The molecule has 0 fully saturated rings. The number of hydrogen-bond donors (Lipinski definition) is 3. The number of carboxylic acid groups (broad SMARTS) is 1. The molecule has 1 heterocycles. The molecule has 0 aromatic carbocycles. The Morgan fingerprint density at radius 3 is 2.75 bits per heavy atom. The Morgan fingerprint density at radius 2 is 2.15 bits per heavy atom. The van der Waals surface area contributed by atoms with Crippen LogP contribution < -0.4 is 10.6 Å². The first kappa shape index (κ1) is 15.8. The van der Waals surface area contributed by atoms with Crippen molar-refractivity contribution in [3.05, 3.63) is 35.8 Å². The van der Waals surface area contributed by atoms with Crippen molar-refractivity contribution < 1.29 is 23.8 Å². The maximum Gasteiger partial charge on any atom is 0.371 e. The van der Waals surface area contributed by atoms with Crippen LogP contribution in [-0.2, 0) is 11.3 Å². The van der Waals surface area contributed by atoms with Crippen LogP contribution in [0.15, 0.2) is 28.7 Å². The summed E-state index contributed by atoms with van der Waals surface area (Å²) >= 11 is 0. The molecule has 0 spiro atoms. The average Bonchev–Trinajstić information content (AvgIpc) is 2.84. The van der Waals surface area contributed by atoms with E-state index < -0.39 is 5.97 Å². The predicted molar refractivity (Wildman–Crippen MR) is 71.5 cm³/mol. The quantitative estimate of drug-likeness (QED) is 0.494. The highest BCUT2D eigenvalue weighted by Gasteiger charge is 2.09. The minimum atomic E-state index is -1.14. The van der Waals surface area contributed by atoms with Crippen molar-refractivity contribution in [2.24, 2.45) is 0 Å². The topological polar surface area (TPSA) is 101 Å². The maximum atomic E-state index is 11.4. The van der Waals surface area contributed by atoms with Gasteiger partial charge >= 0.3 is 12.0 Å². The fourth-order valence-corrected chi connectivity index (χ4v) is 1.30. The van der Waals surface area contributed by atoms with Crippen LogP contribution in [0.25, 0.3) is 0 Å². The highest BCUT2D eigenvalue weighted by atomic mass is 16.5. The summed E-state index contributed by atoms with van der Waals surface area (Å²) in [7, 11) is 0. The molecular weight excluding hydrogens is 264 g/mol. The average molecular weight is 282 g/mol. The van der Waals surface area contributed by atoms with Gasteiger partial charge in [0.2, 0.25) is 5.76 Å². The van der Waals surface area contributed by atoms with E-state index in [9.17, 15) is 9.59 Å². The summed E-state index contributed by atoms with van der Waals surface area (Å²) in [5.74, 6) is -0.929. The fourth-order valence-electron chi connectivity index (χ4n) is 1.30. The van der Waals surface area contributed by atoms with Gasteiger partial charge in [-0.25, -0.2) is 9.59 Å². The number of aromatic carboxylic acids is 1. The van der Waals surface area contributed by atoms with Gasteiger partial charge in [0, 0.05) is 6.54 Å². The van der Waals surface area contributed by atoms with Gasteiger partial charge in [-0.3, -0.25) is 0 Å². The van der Waals surface area contributed by atoms with Crippen LogP contribution in [0, 0.1) is 0 Å². The smallest absolute Gasteiger partial charge is 0.371 e. The van der Waals surface area contributed by atoms with E-state index in [1.807, 2.05) is 6.92 Å². The molecule has 0 radical (unpaired) electrons. The van der Waals surface area contributed by atoms with E-state index in [0.717, 1.165) is 5.57 Å². The number of hydrogen-bond acceptors (Lipinski definition) is 4. The van der Waals surface area contributed by atoms with Crippen molar-refractivity contribution in [2.75, 3.05) is 19.8 Å². The number of nitrogens with one attached hydrogen (secondary N) is 2. The maximum absolute atomic E-state index is 11.4. The van der Waals surface area contributed by atoms with E-state index in [0.29, 0.717) is 25.5 Å². The zero-order valence-electron chi connectivity index (χ0n) is 11.3. The van der Waals surface area contributed by atoms with E-state index in [2.05, 4.69) is 17.2 Å². The molecule has 2 amide bonds. The summed E-state index contributed by atoms with van der Waals surface area (Å²) in [4.78, 5) is 22.0. The third-order valence-corrected chi connectivity index (χ3v) is 2.18. The third kappa shape index (κ3) is 6.05. The van der Waals surface area contributed by atoms with Crippen LogP contribution in [0.5, 0.6) is 0 Å². The van der Waals surface area contributed by atoms with E-state index in [-0.39, 0.29) is 18.3 Å². The molecule has 3 N–H and O–H groups in total. The summed E-state index contributed by atoms with van der Waals surface area (Å²) in [6.45, 7) is 6.89. The summed E-state index contributed by atoms with van der Waals surface area (Å²) < 4.78 is 10.2. The lowest BCUT2D eigenvalue weighted by Crippen LogP contribution is -2.36. The normalized spacial score (nSPS) is 10.1. The highest BCUT2D eigenvalue weighted by molar-refractivity contribution is 5.84. The fraction of sp³-hybridized carbons (Fsp3) is 0.385.